The molecule has 0 aliphatic carbocycles. The predicted molar refractivity (Wildman–Crippen MR) is 89.2 cm³/mol. The normalized spacial score (nSPS) is 14.5. The molecule has 140 valence electrons. The summed E-state index contributed by atoms with van der Waals surface area (Å²) in [5.41, 5.74) is -0.406. The Labute approximate surface area is 138 Å². The Morgan fingerprint density at radius 3 is 1.65 bits per heavy atom. The van der Waals surface area contributed by atoms with Gasteiger partial charge < -0.3 is 24.3 Å². The van der Waals surface area contributed by atoms with E-state index in [4.69, 9.17) is 24.3 Å². The van der Waals surface area contributed by atoms with E-state index >= 15 is 0 Å². The van der Waals surface area contributed by atoms with E-state index in [2.05, 4.69) is 20.8 Å². The van der Waals surface area contributed by atoms with Crippen molar-refractivity contribution in [1.82, 2.24) is 4.90 Å². The fraction of sp³-hybridized carbons (Fsp3) is 1.00. The molecule has 0 fully saturated rings. The summed E-state index contributed by atoms with van der Waals surface area (Å²) >= 11 is 0. The van der Waals surface area contributed by atoms with Gasteiger partial charge in [0.2, 0.25) is 0 Å². The molecule has 0 aromatic heterocycles. The summed E-state index contributed by atoms with van der Waals surface area (Å²) in [7, 11) is -8.78. The molecule has 4 N–H and O–H groups in total. The van der Waals surface area contributed by atoms with Gasteiger partial charge in [-0.05, 0) is 32.1 Å². The van der Waals surface area contributed by atoms with Crippen LogP contribution in [0.15, 0.2) is 0 Å². The monoisotopic (exact) mass is 375 g/mol. The van der Waals surface area contributed by atoms with E-state index in [-0.39, 0.29) is 12.0 Å². The third-order valence-electron chi connectivity index (χ3n) is 3.14. The molecule has 0 unspecified atom stereocenters. The quantitative estimate of drug-likeness (QED) is 0.428. The van der Waals surface area contributed by atoms with Crippen LogP contribution in [0.25, 0.3) is 0 Å². The van der Waals surface area contributed by atoms with Crippen molar-refractivity contribution < 1.29 is 33.4 Å². The molecule has 8 nitrogen and oxygen atoms in total. The van der Waals surface area contributed by atoms with Crippen LogP contribution in [0.4, 0.5) is 0 Å². The Balaban J connectivity index is 4.57. The summed E-state index contributed by atoms with van der Waals surface area (Å²) in [5, 5.41) is 0. The Kier molecular flexibility index (Phi) is 8.63. The van der Waals surface area contributed by atoms with Gasteiger partial charge in [-0.2, -0.15) is 0 Å². The second-order valence-electron chi connectivity index (χ2n) is 7.68. The van der Waals surface area contributed by atoms with Gasteiger partial charge in [0, 0.05) is 13.2 Å². The summed E-state index contributed by atoms with van der Waals surface area (Å²) in [4.78, 5) is 37.2. The Morgan fingerprint density at radius 1 is 0.870 bits per heavy atom. The maximum Gasteiger partial charge on any atom is 0.339 e. The van der Waals surface area contributed by atoms with Crippen molar-refractivity contribution in [2.45, 2.75) is 53.1 Å². The van der Waals surface area contributed by atoms with Crippen LogP contribution in [-0.4, -0.2) is 55.8 Å². The van der Waals surface area contributed by atoms with Crippen molar-refractivity contribution in [2.24, 2.45) is 5.41 Å². The maximum atomic E-state index is 11.1. The first-order valence-electron chi connectivity index (χ1n) is 7.45. The molecule has 23 heavy (non-hydrogen) atoms. The highest BCUT2D eigenvalue weighted by molar-refractivity contribution is 7.52. The van der Waals surface area contributed by atoms with E-state index in [0.29, 0.717) is 13.0 Å². The fourth-order valence-electron chi connectivity index (χ4n) is 1.84. The molecular weight excluding hydrogens is 344 g/mol. The van der Waals surface area contributed by atoms with Crippen LogP contribution >= 0.6 is 15.2 Å². The first-order chi connectivity index (χ1) is 9.99. The minimum Gasteiger partial charge on any atom is -0.376 e. The van der Waals surface area contributed by atoms with E-state index in [1.165, 1.54) is 0 Å². The zero-order valence-electron chi connectivity index (χ0n) is 14.6. The van der Waals surface area contributed by atoms with Gasteiger partial charge in [0.15, 0.2) is 0 Å². The smallest absolute Gasteiger partial charge is 0.339 e. The zero-order chi connectivity index (χ0) is 18.5. The molecule has 0 bridgehead atoms. The van der Waals surface area contributed by atoms with Crippen molar-refractivity contribution in [2.75, 3.05) is 25.7 Å². The van der Waals surface area contributed by atoms with Gasteiger partial charge in [0.25, 0.3) is 0 Å². The lowest BCUT2D eigenvalue weighted by Crippen LogP contribution is -2.34. The Hall–Kier alpha value is 0.220. The topological polar surface area (TPSA) is 128 Å². The number of nitrogens with zero attached hydrogens (tertiary/aromatic N) is 1. The van der Waals surface area contributed by atoms with Crippen molar-refractivity contribution in [3.05, 3.63) is 0 Å². The Morgan fingerprint density at radius 2 is 1.30 bits per heavy atom. The second kappa shape index (κ2) is 8.54. The van der Waals surface area contributed by atoms with E-state index in [0.717, 1.165) is 11.3 Å². The standard InChI is InChI=1S/C13H31NO7P2/c1-12(2,3)7-9-21-13(4,5)6-8-14(10-22(15,16)17)11-23(18,19)20/h6-11H2,1-5H3,(H2,15,16,17)(H2,18,19,20). The molecule has 0 saturated carbocycles. The van der Waals surface area contributed by atoms with Crippen molar-refractivity contribution in [3.8, 4) is 0 Å². The van der Waals surface area contributed by atoms with Crippen molar-refractivity contribution in [3.63, 3.8) is 0 Å². The molecule has 10 heteroatoms. The highest BCUT2D eigenvalue weighted by Gasteiger charge is 2.28. The van der Waals surface area contributed by atoms with Crippen LogP contribution in [0.2, 0.25) is 0 Å². The SMILES string of the molecule is CC(C)(C)CCOC(C)(C)CCN(CP(=O)(O)O)CP(=O)(O)O. The second-order valence-corrected chi connectivity index (χ2v) is 10.9. The van der Waals surface area contributed by atoms with Crippen molar-refractivity contribution >= 4 is 15.2 Å². The highest BCUT2D eigenvalue weighted by atomic mass is 31.2. The molecule has 0 aromatic carbocycles. The largest absolute Gasteiger partial charge is 0.376 e. The third-order valence-corrected chi connectivity index (χ3v) is 4.68. The van der Waals surface area contributed by atoms with Gasteiger partial charge >= 0.3 is 15.2 Å². The minimum atomic E-state index is -4.39. The lowest BCUT2D eigenvalue weighted by Gasteiger charge is -2.31. The molecule has 0 atom stereocenters. The third kappa shape index (κ3) is 15.5. The van der Waals surface area contributed by atoms with Crippen LogP contribution in [0.5, 0.6) is 0 Å². The molecule has 0 spiro atoms. The molecule has 0 saturated heterocycles. The van der Waals surface area contributed by atoms with Crippen LogP contribution in [0.1, 0.15) is 47.5 Å². The summed E-state index contributed by atoms with van der Waals surface area (Å²) in [6.45, 7) is 10.7. The fourth-order valence-corrected chi connectivity index (χ4v) is 3.52. The highest BCUT2D eigenvalue weighted by Crippen LogP contribution is 2.41. The van der Waals surface area contributed by atoms with Crippen LogP contribution in [0.3, 0.4) is 0 Å². The van der Waals surface area contributed by atoms with Gasteiger partial charge in [-0.25, -0.2) is 0 Å². The predicted octanol–water partition coefficient (Wildman–Crippen LogP) is 2.18. The summed E-state index contributed by atoms with van der Waals surface area (Å²) < 4.78 is 28.0. The maximum absolute atomic E-state index is 11.1. The lowest BCUT2D eigenvalue weighted by molar-refractivity contribution is -0.0370. The molecular formula is C13H31NO7P2. The first kappa shape index (κ1) is 23.2. The molecule has 0 aliphatic heterocycles. The average molecular weight is 375 g/mol. The lowest BCUT2D eigenvalue weighted by atomic mass is 9.93. The zero-order valence-corrected chi connectivity index (χ0v) is 16.4. The van der Waals surface area contributed by atoms with Gasteiger partial charge in [-0.3, -0.25) is 14.0 Å². The van der Waals surface area contributed by atoms with Gasteiger partial charge in [0.05, 0.1) is 5.60 Å². The summed E-state index contributed by atoms with van der Waals surface area (Å²) in [6.07, 6.45) is -0.103. The van der Waals surface area contributed by atoms with Crippen LogP contribution in [0, 0.1) is 5.41 Å². The summed E-state index contributed by atoms with van der Waals surface area (Å²) in [6, 6.07) is 0. The number of ether oxygens (including phenoxy) is 1. The molecule has 0 rings (SSSR count). The van der Waals surface area contributed by atoms with E-state index < -0.39 is 33.4 Å². The summed E-state index contributed by atoms with van der Waals surface area (Å²) in [5.74, 6) is 0. The van der Waals surface area contributed by atoms with E-state index in [1.807, 2.05) is 13.8 Å². The molecule has 0 aromatic rings. The van der Waals surface area contributed by atoms with Crippen molar-refractivity contribution in [1.29, 1.82) is 0 Å². The van der Waals surface area contributed by atoms with Crippen LogP contribution < -0.4 is 0 Å². The number of hydrogen-bond acceptors (Lipinski definition) is 4. The van der Waals surface area contributed by atoms with Crippen LogP contribution in [-0.2, 0) is 13.9 Å². The molecule has 0 aliphatic rings. The average Bonchev–Trinajstić information content (AvgIpc) is 2.19. The van der Waals surface area contributed by atoms with E-state index in [1.54, 1.807) is 0 Å². The van der Waals surface area contributed by atoms with Gasteiger partial charge in [0.1, 0.15) is 12.6 Å². The Bertz CT molecular complexity index is 426. The van der Waals surface area contributed by atoms with Gasteiger partial charge in [-0.1, -0.05) is 20.8 Å². The number of rotatable bonds is 10. The molecule has 0 amide bonds. The van der Waals surface area contributed by atoms with Gasteiger partial charge in [-0.15, -0.1) is 0 Å². The minimum absolute atomic E-state index is 0.124. The van der Waals surface area contributed by atoms with E-state index in [9.17, 15) is 9.13 Å². The molecule has 0 heterocycles. The molecule has 0 radical (unpaired) electrons. The first-order valence-corrected chi connectivity index (χ1v) is 11.0. The number of hydrogen-bond donors (Lipinski definition) is 4.